The van der Waals surface area contributed by atoms with E-state index in [9.17, 15) is 4.79 Å². The van der Waals surface area contributed by atoms with Gasteiger partial charge in [0.25, 0.3) is 5.91 Å². The summed E-state index contributed by atoms with van der Waals surface area (Å²) in [6.45, 7) is 0.523. The Morgan fingerprint density at radius 2 is 2.25 bits per heavy atom. The van der Waals surface area contributed by atoms with Crippen LogP contribution >= 0.6 is 34.4 Å². The van der Waals surface area contributed by atoms with Gasteiger partial charge in [0.1, 0.15) is 0 Å². The van der Waals surface area contributed by atoms with Gasteiger partial charge in [0.15, 0.2) is 0 Å². The molecule has 1 aromatic carbocycles. The molecule has 0 atom stereocenters. The zero-order valence-corrected chi connectivity index (χ0v) is 8.96. The first-order chi connectivity index (χ1) is 5.70. The van der Waals surface area contributed by atoms with Gasteiger partial charge in [-0.1, -0.05) is 6.07 Å². The molecule has 0 saturated heterocycles. The molecule has 0 fully saturated rings. The summed E-state index contributed by atoms with van der Waals surface area (Å²) in [5.74, 6) is -0.0924. The van der Waals surface area contributed by atoms with Crippen LogP contribution in [0.4, 0.5) is 0 Å². The van der Waals surface area contributed by atoms with E-state index in [0.717, 1.165) is 14.7 Å². The van der Waals surface area contributed by atoms with Crippen LogP contribution in [0.3, 0.4) is 0 Å². The van der Waals surface area contributed by atoms with Crippen LogP contribution in [0.15, 0.2) is 18.2 Å². The first-order valence-corrected chi connectivity index (χ1v) is 4.87. The SMILES string of the molecule is O=C1c2cccc(I)c2CN1Cl. The number of amides is 1. The summed E-state index contributed by atoms with van der Waals surface area (Å²) in [7, 11) is 0. The highest BCUT2D eigenvalue weighted by Gasteiger charge is 2.27. The minimum absolute atomic E-state index is 0.0924. The summed E-state index contributed by atoms with van der Waals surface area (Å²) in [6.07, 6.45) is 0. The van der Waals surface area contributed by atoms with Gasteiger partial charge in [0.05, 0.1) is 6.54 Å². The molecule has 12 heavy (non-hydrogen) atoms. The molecular formula is C8H5ClINO. The highest BCUT2D eigenvalue weighted by molar-refractivity contribution is 14.1. The summed E-state index contributed by atoms with van der Waals surface area (Å²) >= 11 is 7.89. The van der Waals surface area contributed by atoms with Crippen LogP contribution in [0.1, 0.15) is 15.9 Å². The van der Waals surface area contributed by atoms with Crippen molar-refractivity contribution in [1.29, 1.82) is 0 Å². The van der Waals surface area contributed by atoms with Crippen LogP contribution in [-0.4, -0.2) is 10.3 Å². The second-order valence-electron chi connectivity index (χ2n) is 2.59. The molecule has 0 spiro atoms. The molecule has 0 aromatic heterocycles. The van der Waals surface area contributed by atoms with E-state index in [1.165, 1.54) is 4.42 Å². The number of halogens is 2. The monoisotopic (exact) mass is 293 g/mol. The molecule has 0 unspecified atom stereocenters. The third kappa shape index (κ3) is 1.11. The van der Waals surface area contributed by atoms with Crippen LogP contribution in [-0.2, 0) is 6.54 Å². The van der Waals surface area contributed by atoms with Gasteiger partial charge in [-0.05, 0) is 40.3 Å². The molecular weight excluding hydrogens is 288 g/mol. The van der Waals surface area contributed by atoms with E-state index in [4.69, 9.17) is 11.8 Å². The normalized spacial score (nSPS) is 15.2. The highest BCUT2D eigenvalue weighted by Crippen LogP contribution is 2.27. The molecule has 62 valence electrons. The quantitative estimate of drug-likeness (QED) is 0.531. The van der Waals surface area contributed by atoms with Crippen molar-refractivity contribution in [2.75, 3.05) is 0 Å². The largest absolute Gasteiger partial charge is 0.268 e. The zero-order chi connectivity index (χ0) is 8.72. The Morgan fingerprint density at radius 3 is 2.92 bits per heavy atom. The molecule has 0 radical (unpaired) electrons. The first-order valence-electron chi connectivity index (χ1n) is 3.45. The minimum Gasteiger partial charge on any atom is -0.268 e. The van der Waals surface area contributed by atoms with Crippen molar-refractivity contribution in [3.63, 3.8) is 0 Å². The molecule has 1 amide bonds. The van der Waals surface area contributed by atoms with E-state index in [2.05, 4.69) is 22.6 Å². The molecule has 4 heteroatoms. The highest BCUT2D eigenvalue weighted by atomic mass is 127. The Hall–Kier alpha value is -0.290. The standard InChI is InChI=1S/C8H5ClINO/c9-11-4-6-5(8(11)12)2-1-3-7(6)10/h1-3H,4H2. The summed E-state index contributed by atoms with van der Waals surface area (Å²) in [4.78, 5) is 11.3. The number of benzene rings is 1. The second-order valence-corrected chi connectivity index (χ2v) is 4.16. The van der Waals surface area contributed by atoms with Crippen LogP contribution in [0.5, 0.6) is 0 Å². The van der Waals surface area contributed by atoms with Crippen LogP contribution in [0.25, 0.3) is 0 Å². The zero-order valence-electron chi connectivity index (χ0n) is 6.05. The molecule has 0 aliphatic carbocycles. The predicted octanol–water partition coefficient (Wildman–Crippen LogP) is 2.40. The van der Waals surface area contributed by atoms with Crippen molar-refractivity contribution in [2.24, 2.45) is 0 Å². The molecule has 1 aliphatic rings. The first kappa shape index (κ1) is 8.31. The number of carbonyl (C=O) groups excluding carboxylic acids is 1. The molecule has 1 heterocycles. The lowest BCUT2D eigenvalue weighted by molar-refractivity contribution is 0.0881. The fourth-order valence-corrected chi connectivity index (χ4v) is 2.14. The molecule has 2 rings (SSSR count). The third-order valence-electron chi connectivity index (χ3n) is 1.87. The maximum absolute atomic E-state index is 11.3. The number of nitrogens with zero attached hydrogens (tertiary/aromatic N) is 1. The molecule has 2 nitrogen and oxygen atoms in total. The van der Waals surface area contributed by atoms with Crippen LogP contribution in [0.2, 0.25) is 0 Å². The van der Waals surface area contributed by atoms with Gasteiger partial charge < -0.3 is 0 Å². The van der Waals surface area contributed by atoms with Gasteiger partial charge in [-0.15, -0.1) is 0 Å². The topological polar surface area (TPSA) is 20.3 Å². The van der Waals surface area contributed by atoms with Crippen molar-refractivity contribution in [1.82, 2.24) is 4.42 Å². The lowest BCUT2D eigenvalue weighted by atomic mass is 10.1. The average molecular weight is 293 g/mol. The van der Waals surface area contributed by atoms with Crippen molar-refractivity contribution in [3.05, 3.63) is 32.9 Å². The molecule has 1 aromatic rings. The maximum Gasteiger partial charge on any atom is 0.268 e. The summed E-state index contributed by atoms with van der Waals surface area (Å²) in [5.41, 5.74) is 1.77. The summed E-state index contributed by atoms with van der Waals surface area (Å²) in [6, 6.07) is 5.65. The number of fused-ring (bicyclic) bond motifs is 1. The van der Waals surface area contributed by atoms with Crippen molar-refractivity contribution < 1.29 is 4.79 Å². The summed E-state index contributed by atoms with van der Waals surface area (Å²) < 4.78 is 2.31. The van der Waals surface area contributed by atoms with Crippen LogP contribution < -0.4 is 0 Å². The van der Waals surface area contributed by atoms with E-state index >= 15 is 0 Å². The molecule has 1 aliphatic heterocycles. The predicted molar refractivity (Wildman–Crippen MR) is 54.9 cm³/mol. The second kappa shape index (κ2) is 2.88. The number of rotatable bonds is 0. The van der Waals surface area contributed by atoms with Gasteiger partial charge >= 0.3 is 0 Å². The summed E-state index contributed by atoms with van der Waals surface area (Å²) in [5, 5.41) is 0. The molecule has 0 bridgehead atoms. The maximum atomic E-state index is 11.3. The van der Waals surface area contributed by atoms with E-state index < -0.39 is 0 Å². The van der Waals surface area contributed by atoms with Gasteiger partial charge in [-0.3, -0.25) is 4.79 Å². The van der Waals surface area contributed by atoms with Crippen LogP contribution in [0, 0.1) is 3.57 Å². The van der Waals surface area contributed by atoms with Gasteiger partial charge in [0.2, 0.25) is 0 Å². The number of carbonyl (C=O) groups is 1. The minimum atomic E-state index is -0.0924. The number of hydrogen-bond donors (Lipinski definition) is 0. The average Bonchev–Trinajstić information content (AvgIpc) is 2.32. The Kier molecular flexibility index (Phi) is 2.00. The smallest absolute Gasteiger partial charge is 0.268 e. The van der Waals surface area contributed by atoms with Gasteiger partial charge in [0, 0.05) is 20.9 Å². The molecule has 0 N–H and O–H groups in total. The van der Waals surface area contributed by atoms with Crippen molar-refractivity contribution in [3.8, 4) is 0 Å². The van der Waals surface area contributed by atoms with Crippen molar-refractivity contribution >= 4 is 40.3 Å². The fourth-order valence-electron chi connectivity index (χ4n) is 1.26. The lowest BCUT2D eigenvalue weighted by Crippen LogP contribution is -2.10. The van der Waals surface area contributed by atoms with Gasteiger partial charge in [-0.25, -0.2) is 4.42 Å². The van der Waals surface area contributed by atoms with E-state index in [1.54, 1.807) is 0 Å². The van der Waals surface area contributed by atoms with Crippen molar-refractivity contribution in [2.45, 2.75) is 6.54 Å². The Morgan fingerprint density at radius 1 is 1.50 bits per heavy atom. The number of hydrogen-bond acceptors (Lipinski definition) is 1. The lowest BCUT2D eigenvalue weighted by Gasteiger charge is -2.00. The fraction of sp³-hybridized carbons (Fsp3) is 0.125. The van der Waals surface area contributed by atoms with E-state index in [1.807, 2.05) is 18.2 Å². The van der Waals surface area contributed by atoms with Gasteiger partial charge in [-0.2, -0.15) is 0 Å². The third-order valence-corrected chi connectivity index (χ3v) is 3.15. The van der Waals surface area contributed by atoms with E-state index in [0.29, 0.717) is 6.54 Å². The Bertz CT molecular complexity index is 353. The van der Waals surface area contributed by atoms with E-state index in [-0.39, 0.29) is 5.91 Å². The Balaban J connectivity index is 2.61. The molecule has 0 saturated carbocycles. The Labute approximate surface area is 88.8 Å².